The lowest BCUT2D eigenvalue weighted by Crippen LogP contribution is -2.36. The van der Waals surface area contributed by atoms with Crippen LogP contribution in [0.15, 0.2) is 0 Å². The van der Waals surface area contributed by atoms with Gasteiger partial charge in [-0.2, -0.15) is 0 Å². The molecule has 3 unspecified atom stereocenters. The predicted molar refractivity (Wildman–Crippen MR) is 88.0 cm³/mol. The first-order valence-electron chi connectivity index (χ1n) is 8.83. The number of ether oxygens (including phenoxy) is 1. The third kappa shape index (κ3) is 7.08. The van der Waals surface area contributed by atoms with Crippen LogP contribution >= 0.6 is 0 Å². The SMILES string of the molecule is CC(C)CCCNCCOC1CC(C)CCC1C(C)C. The monoisotopic (exact) mass is 283 g/mol. The van der Waals surface area contributed by atoms with Gasteiger partial charge in [0.1, 0.15) is 0 Å². The van der Waals surface area contributed by atoms with E-state index in [1.54, 1.807) is 0 Å². The second kappa shape index (κ2) is 9.78. The summed E-state index contributed by atoms with van der Waals surface area (Å²) in [5.41, 5.74) is 0. The van der Waals surface area contributed by atoms with Crippen molar-refractivity contribution >= 4 is 0 Å². The minimum Gasteiger partial charge on any atom is -0.377 e. The van der Waals surface area contributed by atoms with Crippen LogP contribution in [0.3, 0.4) is 0 Å². The Morgan fingerprint density at radius 1 is 1.10 bits per heavy atom. The molecule has 2 nitrogen and oxygen atoms in total. The lowest BCUT2D eigenvalue weighted by atomic mass is 9.75. The predicted octanol–water partition coefficient (Wildman–Crippen LogP) is 4.49. The fourth-order valence-corrected chi connectivity index (χ4v) is 3.35. The topological polar surface area (TPSA) is 21.3 Å². The smallest absolute Gasteiger partial charge is 0.0608 e. The molecule has 1 rings (SSSR count). The second-order valence-corrected chi connectivity index (χ2v) is 7.52. The molecule has 3 atom stereocenters. The van der Waals surface area contributed by atoms with Gasteiger partial charge in [0.05, 0.1) is 12.7 Å². The lowest BCUT2D eigenvalue weighted by molar-refractivity contribution is -0.0366. The van der Waals surface area contributed by atoms with Gasteiger partial charge in [-0.25, -0.2) is 0 Å². The van der Waals surface area contributed by atoms with Crippen molar-refractivity contribution in [3.8, 4) is 0 Å². The van der Waals surface area contributed by atoms with E-state index >= 15 is 0 Å². The van der Waals surface area contributed by atoms with E-state index in [0.717, 1.165) is 43.4 Å². The highest BCUT2D eigenvalue weighted by Crippen LogP contribution is 2.35. The minimum absolute atomic E-state index is 0.496. The molecular formula is C18H37NO. The van der Waals surface area contributed by atoms with E-state index in [2.05, 4.69) is 39.9 Å². The van der Waals surface area contributed by atoms with E-state index in [9.17, 15) is 0 Å². The zero-order chi connectivity index (χ0) is 15.0. The minimum atomic E-state index is 0.496. The Morgan fingerprint density at radius 2 is 1.85 bits per heavy atom. The molecule has 0 saturated heterocycles. The highest BCUT2D eigenvalue weighted by Gasteiger charge is 2.31. The van der Waals surface area contributed by atoms with Gasteiger partial charge in [-0.3, -0.25) is 0 Å². The summed E-state index contributed by atoms with van der Waals surface area (Å²) in [6.07, 6.45) is 7.10. The summed E-state index contributed by atoms with van der Waals surface area (Å²) >= 11 is 0. The first-order valence-corrected chi connectivity index (χ1v) is 8.83. The van der Waals surface area contributed by atoms with Crippen molar-refractivity contribution in [1.82, 2.24) is 5.32 Å². The average molecular weight is 284 g/mol. The van der Waals surface area contributed by atoms with Gasteiger partial charge < -0.3 is 10.1 Å². The first-order chi connectivity index (χ1) is 9.50. The van der Waals surface area contributed by atoms with Gasteiger partial charge >= 0.3 is 0 Å². The molecule has 0 aromatic heterocycles. The van der Waals surface area contributed by atoms with E-state index < -0.39 is 0 Å². The number of nitrogens with one attached hydrogen (secondary N) is 1. The van der Waals surface area contributed by atoms with Crippen LogP contribution in [0.25, 0.3) is 0 Å². The molecule has 1 aliphatic rings. The summed E-state index contributed by atoms with van der Waals surface area (Å²) in [7, 11) is 0. The largest absolute Gasteiger partial charge is 0.377 e. The summed E-state index contributed by atoms with van der Waals surface area (Å²) in [4.78, 5) is 0. The van der Waals surface area contributed by atoms with E-state index in [1.165, 1.54) is 32.1 Å². The van der Waals surface area contributed by atoms with Gasteiger partial charge in [-0.05, 0) is 55.9 Å². The molecule has 1 N–H and O–H groups in total. The van der Waals surface area contributed by atoms with Crippen LogP contribution < -0.4 is 5.32 Å². The zero-order valence-corrected chi connectivity index (χ0v) is 14.5. The van der Waals surface area contributed by atoms with Crippen LogP contribution in [0.4, 0.5) is 0 Å². The normalized spacial score (nSPS) is 27.4. The molecule has 1 saturated carbocycles. The lowest BCUT2D eigenvalue weighted by Gasteiger charge is -2.37. The molecule has 1 fully saturated rings. The standard InChI is InChI=1S/C18H37NO/c1-14(2)7-6-10-19-11-12-20-18-13-16(5)8-9-17(18)15(3)4/h14-19H,6-13H2,1-5H3. The zero-order valence-electron chi connectivity index (χ0n) is 14.5. The van der Waals surface area contributed by atoms with Crippen LogP contribution in [0.1, 0.15) is 66.7 Å². The van der Waals surface area contributed by atoms with Crippen molar-refractivity contribution in [1.29, 1.82) is 0 Å². The molecule has 120 valence electrons. The van der Waals surface area contributed by atoms with E-state index in [-0.39, 0.29) is 0 Å². The van der Waals surface area contributed by atoms with E-state index in [0.29, 0.717) is 6.10 Å². The summed E-state index contributed by atoms with van der Waals surface area (Å²) in [5, 5.41) is 3.51. The van der Waals surface area contributed by atoms with Gasteiger partial charge in [0.25, 0.3) is 0 Å². The summed E-state index contributed by atoms with van der Waals surface area (Å²) in [6.45, 7) is 14.7. The summed E-state index contributed by atoms with van der Waals surface area (Å²) in [6, 6.07) is 0. The Balaban J connectivity index is 2.12. The maximum atomic E-state index is 6.19. The maximum absolute atomic E-state index is 6.19. The van der Waals surface area contributed by atoms with Crippen LogP contribution in [-0.2, 0) is 4.74 Å². The number of rotatable bonds is 9. The Bertz CT molecular complexity index is 240. The molecule has 0 bridgehead atoms. The van der Waals surface area contributed by atoms with E-state index in [4.69, 9.17) is 4.74 Å². The maximum Gasteiger partial charge on any atom is 0.0608 e. The van der Waals surface area contributed by atoms with Crippen LogP contribution in [0.5, 0.6) is 0 Å². The Morgan fingerprint density at radius 3 is 2.50 bits per heavy atom. The highest BCUT2D eigenvalue weighted by atomic mass is 16.5. The Hall–Kier alpha value is -0.0800. The van der Waals surface area contributed by atoms with Gasteiger partial charge in [0.15, 0.2) is 0 Å². The molecule has 0 aromatic rings. The van der Waals surface area contributed by atoms with Crippen molar-refractivity contribution < 1.29 is 4.74 Å². The first kappa shape index (κ1) is 18.0. The average Bonchev–Trinajstić information content (AvgIpc) is 2.37. The summed E-state index contributed by atoms with van der Waals surface area (Å²) in [5.74, 6) is 3.19. The fourth-order valence-electron chi connectivity index (χ4n) is 3.35. The van der Waals surface area contributed by atoms with Crippen LogP contribution in [0, 0.1) is 23.7 Å². The molecule has 0 aliphatic heterocycles. The quantitative estimate of drug-likeness (QED) is 0.630. The van der Waals surface area contributed by atoms with Crippen molar-refractivity contribution in [3.63, 3.8) is 0 Å². The highest BCUT2D eigenvalue weighted by molar-refractivity contribution is 4.81. The molecular weight excluding hydrogens is 246 g/mol. The van der Waals surface area contributed by atoms with Crippen molar-refractivity contribution in [2.75, 3.05) is 19.7 Å². The van der Waals surface area contributed by atoms with Crippen LogP contribution in [0.2, 0.25) is 0 Å². The molecule has 0 spiro atoms. The van der Waals surface area contributed by atoms with Gasteiger partial charge in [-0.15, -0.1) is 0 Å². The van der Waals surface area contributed by atoms with Crippen molar-refractivity contribution in [2.45, 2.75) is 72.8 Å². The van der Waals surface area contributed by atoms with Gasteiger partial charge in [0, 0.05) is 6.54 Å². The molecule has 0 aromatic carbocycles. The Kier molecular flexibility index (Phi) is 8.79. The molecule has 1 aliphatic carbocycles. The third-order valence-corrected chi connectivity index (χ3v) is 4.71. The van der Waals surface area contributed by atoms with Gasteiger partial charge in [0.2, 0.25) is 0 Å². The molecule has 0 amide bonds. The molecule has 0 heterocycles. The van der Waals surface area contributed by atoms with Crippen molar-refractivity contribution in [3.05, 3.63) is 0 Å². The summed E-state index contributed by atoms with van der Waals surface area (Å²) < 4.78 is 6.19. The van der Waals surface area contributed by atoms with E-state index in [1.807, 2.05) is 0 Å². The third-order valence-electron chi connectivity index (χ3n) is 4.71. The van der Waals surface area contributed by atoms with Crippen molar-refractivity contribution in [2.24, 2.45) is 23.7 Å². The van der Waals surface area contributed by atoms with Crippen LogP contribution in [-0.4, -0.2) is 25.8 Å². The Labute approximate surface area is 127 Å². The number of hydrogen-bond donors (Lipinski definition) is 1. The van der Waals surface area contributed by atoms with Gasteiger partial charge in [-0.1, -0.05) is 41.0 Å². The molecule has 20 heavy (non-hydrogen) atoms. The molecule has 2 heteroatoms. The fraction of sp³-hybridized carbons (Fsp3) is 1.00. The number of hydrogen-bond acceptors (Lipinski definition) is 2. The second-order valence-electron chi connectivity index (χ2n) is 7.52. The molecule has 0 radical (unpaired) electrons.